The average Bonchev–Trinajstić information content (AvgIpc) is 2.35. The van der Waals surface area contributed by atoms with Gasteiger partial charge in [0.1, 0.15) is 5.82 Å². The highest BCUT2D eigenvalue weighted by molar-refractivity contribution is 6.35. The van der Waals surface area contributed by atoms with Gasteiger partial charge in [0.2, 0.25) is 0 Å². The summed E-state index contributed by atoms with van der Waals surface area (Å²) in [5, 5.41) is 14.3. The Bertz CT molecular complexity index is 572. The standard InChI is InChI=1S/C13H13ClN2O2/c14-11-4-1-3-10-9(11)6-8-16-13(10)15-7-2-5-12(17)18/h1,3-4,6,8H,2,5,7H2,(H,15,16)(H,17,18). The van der Waals surface area contributed by atoms with Gasteiger partial charge in [0.25, 0.3) is 0 Å². The van der Waals surface area contributed by atoms with E-state index in [1.54, 1.807) is 6.20 Å². The molecule has 0 bridgehead atoms. The van der Waals surface area contributed by atoms with Gasteiger partial charge in [-0.2, -0.15) is 0 Å². The molecule has 2 rings (SSSR count). The predicted octanol–water partition coefficient (Wildman–Crippen LogP) is 3.16. The van der Waals surface area contributed by atoms with Gasteiger partial charge in [0.15, 0.2) is 0 Å². The van der Waals surface area contributed by atoms with E-state index in [2.05, 4.69) is 10.3 Å². The number of halogens is 1. The molecule has 0 saturated carbocycles. The molecule has 18 heavy (non-hydrogen) atoms. The SMILES string of the molecule is O=C(O)CCCNc1nccc2c(Cl)cccc12. The number of nitrogens with one attached hydrogen (secondary N) is 1. The zero-order valence-corrected chi connectivity index (χ0v) is 10.4. The summed E-state index contributed by atoms with van der Waals surface area (Å²) in [4.78, 5) is 14.7. The van der Waals surface area contributed by atoms with Gasteiger partial charge in [-0.25, -0.2) is 4.98 Å². The Morgan fingerprint density at radius 3 is 2.94 bits per heavy atom. The largest absolute Gasteiger partial charge is 0.481 e. The van der Waals surface area contributed by atoms with Crippen LogP contribution in [-0.4, -0.2) is 22.6 Å². The van der Waals surface area contributed by atoms with E-state index in [1.807, 2.05) is 24.3 Å². The van der Waals surface area contributed by atoms with Crippen molar-refractivity contribution in [3.05, 3.63) is 35.5 Å². The molecule has 0 aliphatic heterocycles. The van der Waals surface area contributed by atoms with Gasteiger partial charge >= 0.3 is 5.97 Å². The van der Waals surface area contributed by atoms with Crippen LogP contribution in [0.1, 0.15) is 12.8 Å². The van der Waals surface area contributed by atoms with Crippen LogP contribution in [0.4, 0.5) is 5.82 Å². The molecular weight excluding hydrogens is 252 g/mol. The van der Waals surface area contributed by atoms with E-state index in [-0.39, 0.29) is 6.42 Å². The zero-order chi connectivity index (χ0) is 13.0. The number of aliphatic carboxylic acids is 1. The van der Waals surface area contributed by atoms with Crippen molar-refractivity contribution in [2.45, 2.75) is 12.8 Å². The van der Waals surface area contributed by atoms with Crippen LogP contribution >= 0.6 is 11.6 Å². The van der Waals surface area contributed by atoms with Crippen molar-refractivity contribution >= 4 is 34.2 Å². The van der Waals surface area contributed by atoms with E-state index < -0.39 is 5.97 Å². The minimum atomic E-state index is -0.786. The molecule has 0 radical (unpaired) electrons. The topological polar surface area (TPSA) is 62.2 Å². The molecule has 0 aliphatic rings. The van der Waals surface area contributed by atoms with Crippen LogP contribution in [0.15, 0.2) is 30.5 Å². The second-order valence-corrected chi connectivity index (χ2v) is 4.33. The second-order valence-electron chi connectivity index (χ2n) is 3.92. The normalized spacial score (nSPS) is 10.5. The molecule has 4 nitrogen and oxygen atoms in total. The van der Waals surface area contributed by atoms with Crippen molar-refractivity contribution in [3.63, 3.8) is 0 Å². The molecule has 0 amide bonds. The molecule has 1 heterocycles. The van der Waals surface area contributed by atoms with E-state index in [0.717, 1.165) is 16.6 Å². The minimum absolute atomic E-state index is 0.151. The Kier molecular flexibility index (Phi) is 3.99. The number of carboxylic acids is 1. The highest BCUT2D eigenvalue weighted by Crippen LogP contribution is 2.27. The third kappa shape index (κ3) is 2.90. The van der Waals surface area contributed by atoms with Crippen LogP contribution < -0.4 is 5.32 Å². The molecule has 1 aromatic carbocycles. The number of anilines is 1. The molecular formula is C13H13ClN2O2. The quantitative estimate of drug-likeness (QED) is 0.815. The summed E-state index contributed by atoms with van der Waals surface area (Å²) in [6.45, 7) is 0.574. The Balaban J connectivity index is 2.13. The van der Waals surface area contributed by atoms with Crippen molar-refractivity contribution in [2.24, 2.45) is 0 Å². The number of benzene rings is 1. The van der Waals surface area contributed by atoms with E-state index in [4.69, 9.17) is 16.7 Å². The van der Waals surface area contributed by atoms with Crippen LogP contribution in [0.2, 0.25) is 5.02 Å². The van der Waals surface area contributed by atoms with Gasteiger partial charge in [-0.1, -0.05) is 23.7 Å². The number of nitrogens with zero attached hydrogens (tertiary/aromatic N) is 1. The lowest BCUT2D eigenvalue weighted by Crippen LogP contribution is -2.06. The summed E-state index contributed by atoms with van der Waals surface area (Å²) >= 11 is 6.10. The number of hydrogen-bond acceptors (Lipinski definition) is 3. The summed E-state index contributed by atoms with van der Waals surface area (Å²) in [5.41, 5.74) is 0. The first-order chi connectivity index (χ1) is 8.68. The molecule has 1 aromatic heterocycles. The fraction of sp³-hybridized carbons (Fsp3) is 0.231. The Morgan fingerprint density at radius 2 is 2.17 bits per heavy atom. The van der Waals surface area contributed by atoms with Crippen LogP contribution in [0.3, 0.4) is 0 Å². The Labute approximate surface area is 110 Å². The highest BCUT2D eigenvalue weighted by Gasteiger charge is 2.04. The molecule has 0 spiro atoms. The lowest BCUT2D eigenvalue weighted by molar-refractivity contribution is -0.137. The van der Waals surface area contributed by atoms with Crippen molar-refractivity contribution in [3.8, 4) is 0 Å². The summed E-state index contributed by atoms with van der Waals surface area (Å²) in [6, 6.07) is 7.50. The lowest BCUT2D eigenvalue weighted by atomic mass is 10.1. The zero-order valence-electron chi connectivity index (χ0n) is 9.69. The fourth-order valence-electron chi connectivity index (χ4n) is 1.76. The predicted molar refractivity (Wildman–Crippen MR) is 72.1 cm³/mol. The monoisotopic (exact) mass is 264 g/mol. The maximum absolute atomic E-state index is 10.4. The minimum Gasteiger partial charge on any atom is -0.481 e. The second kappa shape index (κ2) is 5.69. The van der Waals surface area contributed by atoms with Crippen LogP contribution in [0.5, 0.6) is 0 Å². The van der Waals surface area contributed by atoms with Gasteiger partial charge < -0.3 is 10.4 Å². The number of hydrogen-bond donors (Lipinski definition) is 2. The number of rotatable bonds is 5. The summed E-state index contributed by atoms with van der Waals surface area (Å²) < 4.78 is 0. The summed E-state index contributed by atoms with van der Waals surface area (Å²) in [6.07, 6.45) is 2.40. The van der Waals surface area contributed by atoms with Crippen molar-refractivity contribution in [2.75, 3.05) is 11.9 Å². The molecule has 2 aromatic rings. The van der Waals surface area contributed by atoms with Crippen molar-refractivity contribution < 1.29 is 9.90 Å². The molecule has 0 atom stereocenters. The summed E-state index contributed by atoms with van der Waals surface area (Å²) in [5.74, 6) is -0.0499. The van der Waals surface area contributed by atoms with Gasteiger partial charge in [-0.3, -0.25) is 4.79 Å². The average molecular weight is 265 g/mol. The smallest absolute Gasteiger partial charge is 0.303 e. The number of fused-ring (bicyclic) bond motifs is 1. The van der Waals surface area contributed by atoms with E-state index in [1.165, 1.54) is 0 Å². The molecule has 2 N–H and O–H groups in total. The Morgan fingerprint density at radius 1 is 1.33 bits per heavy atom. The number of aromatic nitrogens is 1. The Hall–Kier alpha value is -1.81. The molecule has 0 saturated heterocycles. The summed E-state index contributed by atoms with van der Waals surface area (Å²) in [7, 11) is 0. The van der Waals surface area contributed by atoms with Gasteiger partial charge in [0, 0.05) is 35.0 Å². The lowest BCUT2D eigenvalue weighted by Gasteiger charge is -2.08. The number of carboxylic acid groups (broad SMARTS) is 1. The molecule has 94 valence electrons. The van der Waals surface area contributed by atoms with Gasteiger partial charge in [-0.05, 0) is 18.6 Å². The maximum atomic E-state index is 10.4. The maximum Gasteiger partial charge on any atom is 0.303 e. The van der Waals surface area contributed by atoms with Crippen LogP contribution in [-0.2, 0) is 4.79 Å². The van der Waals surface area contributed by atoms with E-state index in [9.17, 15) is 4.79 Å². The highest BCUT2D eigenvalue weighted by atomic mass is 35.5. The molecule has 5 heteroatoms. The van der Waals surface area contributed by atoms with E-state index in [0.29, 0.717) is 18.0 Å². The van der Waals surface area contributed by atoms with Crippen molar-refractivity contribution in [1.29, 1.82) is 0 Å². The third-order valence-electron chi connectivity index (χ3n) is 2.61. The first-order valence-electron chi connectivity index (χ1n) is 5.67. The fourth-order valence-corrected chi connectivity index (χ4v) is 1.99. The van der Waals surface area contributed by atoms with Gasteiger partial charge in [0.05, 0.1) is 0 Å². The molecule has 0 fully saturated rings. The van der Waals surface area contributed by atoms with Crippen molar-refractivity contribution in [1.82, 2.24) is 4.98 Å². The number of carbonyl (C=O) groups is 1. The molecule has 0 unspecified atom stereocenters. The van der Waals surface area contributed by atoms with E-state index >= 15 is 0 Å². The molecule has 0 aliphatic carbocycles. The van der Waals surface area contributed by atoms with Crippen LogP contribution in [0, 0.1) is 0 Å². The number of pyridine rings is 1. The first-order valence-corrected chi connectivity index (χ1v) is 6.05. The van der Waals surface area contributed by atoms with Crippen LogP contribution in [0.25, 0.3) is 10.8 Å². The van der Waals surface area contributed by atoms with Gasteiger partial charge in [-0.15, -0.1) is 0 Å². The first kappa shape index (κ1) is 12.6. The third-order valence-corrected chi connectivity index (χ3v) is 2.94.